The van der Waals surface area contributed by atoms with Crippen LogP contribution in [0.1, 0.15) is 41.9 Å². The summed E-state index contributed by atoms with van der Waals surface area (Å²) in [6.45, 7) is 1.95. The molecule has 1 saturated carbocycles. The van der Waals surface area contributed by atoms with Crippen molar-refractivity contribution in [1.82, 2.24) is 20.2 Å². The summed E-state index contributed by atoms with van der Waals surface area (Å²) in [5.74, 6) is -0.272. The molecule has 0 bridgehead atoms. The fraction of sp³-hybridized carbons (Fsp3) is 0.571. The Morgan fingerprint density at radius 3 is 2.85 bits per heavy atom. The van der Waals surface area contributed by atoms with Gasteiger partial charge in [0, 0.05) is 12.2 Å². The van der Waals surface area contributed by atoms with E-state index in [-0.39, 0.29) is 30.4 Å². The Hall–Kier alpha value is -1.98. The van der Waals surface area contributed by atoms with Crippen LogP contribution in [0.2, 0.25) is 0 Å². The second-order valence-corrected chi connectivity index (χ2v) is 5.50. The van der Waals surface area contributed by atoms with Crippen LogP contribution in [0.3, 0.4) is 0 Å². The Morgan fingerprint density at radius 2 is 2.10 bits per heavy atom. The van der Waals surface area contributed by atoms with Crippen molar-refractivity contribution in [2.75, 3.05) is 6.54 Å². The lowest BCUT2D eigenvalue weighted by Crippen LogP contribution is -2.63. The van der Waals surface area contributed by atoms with Crippen LogP contribution in [-0.2, 0) is 4.79 Å². The van der Waals surface area contributed by atoms with Crippen molar-refractivity contribution >= 4 is 11.8 Å². The van der Waals surface area contributed by atoms with E-state index in [9.17, 15) is 9.59 Å². The molecule has 6 nitrogen and oxygen atoms in total. The first-order valence-corrected chi connectivity index (χ1v) is 7.04. The van der Waals surface area contributed by atoms with Gasteiger partial charge in [-0.15, -0.1) is 0 Å². The van der Waals surface area contributed by atoms with Crippen LogP contribution < -0.4 is 5.32 Å². The summed E-state index contributed by atoms with van der Waals surface area (Å²) in [6.07, 6.45) is 7.15. The fourth-order valence-corrected chi connectivity index (χ4v) is 3.05. The molecule has 2 aliphatic rings. The Kier molecular flexibility index (Phi) is 3.38. The number of hydrogen-bond donors (Lipinski definition) is 1. The third-order valence-corrected chi connectivity index (χ3v) is 4.05. The first kappa shape index (κ1) is 13.0. The van der Waals surface area contributed by atoms with E-state index >= 15 is 0 Å². The third kappa shape index (κ3) is 2.37. The first-order valence-electron chi connectivity index (χ1n) is 7.04. The molecule has 0 spiro atoms. The van der Waals surface area contributed by atoms with Gasteiger partial charge in [0.15, 0.2) is 0 Å². The van der Waals surface area contributed by atoms with Crippen LogP contribution in [-0.4, -0.2) is 45.3 Å². The van der Waals surface area contributed by atoms with Gasteiger partial charge in [0.25, 0.3) is 5.91 Å². The van der Waals surface area contributed by atoms with Crippen LogP contribution in [0.15, 0.2) is 12.4 Å². The molecular weight excluding hydrogens is 256 g/mol. The predicted octanol–water partition coefficient (Wildman–Crippen LogP) is 0.668. The van der Waals surface area contributed by atoms with Gasteiger partial charge in [0.1, 0.15) is 12.2 Å². The van der Waals surface area contributed by atoms with Crippen molar-refractivity contribution in [2.24, 2.45) is 0 Å². The number of amides is 2. The molecule has 0 aromatic carbocycles. The maximum atomic E-state index is 12.6. The number of nitrogens with one attached hydrogen (secondary N) is 1. The number of hydrogen-bond acceptors (Lipinski definition) is 4. The first-order chi connectivity index (χ1) is 9.65. The maximum Gasteiger partial charge on any atom is 0.274 e. The number of aryl methyl sites for hydroxylation is 1. The second-order valence-electron chi connectivity index (χ2n) is 5.50. The van der Waals surface area contributed by atoms with E-state index < -0.39 is 0 Å². The molecule has 6 heteroatoms. The number of carbonyl (C=O) groups is 2. The van der Waals surface area contributed by atoms with Crippen molar-refractivity contribution in [3.63, 3.8) is 0 Å². The quantitative estimate of drug-likeness (QED) is 0.816. The van der Waals surface area contributed by atoms with Gasteiger partial charge in [-0.3, -0.25) is 14.6 Å². The molecule has 20 heavy (non-hydrogen) atoms. The van der Waals surface area contributed by atoms with Crippen LogP contribution in [0.5, 0.6) is 0 Å². The van der Waals surface area contributed by atoms with E-state index in [1.54, 1.807) is 11.1 Å². The molecule has 1 aliphatic carbocycles. The smallest absolute Gasteiger partial charge is 0.274 e. The number of aromatic nitrogens is 2. The van der Waals surface area contributed by atoms with Crippen molar-refractivity contribution in [2.45, 2.75) is 44.7 Å². The Labute approximate surface area is 117 Å². The summed E-state index contributed by atoms with van der Waals surface area (Å²) >= 11 is 0. The molecule has 0 unspecified atom stereocenters. The normalized spacial score (nSPS) is 25.9. The number of rotatable bonds is 1. The van der Waals surface area contributed by atoms with Gasteiger partial charge in [-0.05, 0) is 19.8 Å². The lowest BCUT2D eigenvalue weighted by atomic mass is 9.87. The van der Waals surface area contributed by atoms with Gasteiger partial charge < -0.3 is 10.2 Å². The highest BCUT2D eigenvalue weighted by molar-refractivity contribution is 5.95. The molecule has 2 fully saturated rings. The van der Waals surface area contributed by atoms with Gasteiger partial charge in [-0.25, -0.2) is 4.98 Å². The molecule has 106 valence electrons. The lowest BCUT2D eigenvalue weighted by Gasteiger charge is -2.43. The molecule has 2 amide bonds. The lowest BCUT2D eigenvalue weighted by molar-refractivity contribution is -0.127. The van der Waals surface area contributed by atoms with Crippen LogP contribution in [0, 0.1) is 6.92 Å². The zero-order valence-electron chi connectivity index (χ0n) is 11.5. The van der Waals surface area contributed by atoms with E-state index in [0.29, 0.717) is 5.69 Å². The fourth-order valence-electron chi connectivity index (χ4n) is 3.05. The maximum absolute atomic E-state index is 12.6. The van der Waals surface area contributed by atoms with E-state index in [1.807, 2.05) is 6.92 Å². The summed E-state index contributed by atoms with van der Waals surface area (Å²) in [5, 5.41) is 2.99. The average molecular weight is 274 g/mol. The number of nitrogens with zero attached hydrogens (tertiary/aromatic N) is 3. The highest BCUT2D eigenvalue weighted by Crippen LogP contribution is 2.26. The highest BCUT2D eigenvalue weighted by atomic mass is 16.2. The van der Waals surface area contributed by atoms with Gasteiger partial charge in [0.2, 0.25) is 5.91 Å². The summed E-state index contributed by atoms with van der Waals surface area (Å²) in [7, 11) is 0. The predicted molar refractivity (Wildman–Crippen MR) is 72.0 cm³/mol. The Morgan fingerprint density at radius 1 is 1.30 bits per heavy atom. The standard InChI is InChI=1S/C14H18N4O2/c1-9-6-16-11(7-15-9)14(20)18-8-13(19)17-10-4-2-3-5-12(10)18/h6-7,10,12H,2-5,8H2,1H3,(H,17,19)/t10-,12-/m1/s1. The molecule has 1 N–H and O–H groups in total. The molecule has 2 atom stereocenters. The molecule has 2 heterocycles. The van der Waals surface area contributed by atoms with Gasteiger partial charge in [0.05, 0.1) is 17.9 Å². The minimum absolute atomic E-state index is 0.0819. The summed E-state index contributed by atoms with van der Waals surface area (Å²) < 4.78 is 0. The van der Waals surface area contributed by atoms with E-state index in [1.165, 1.54) is 6.20 Å². The molecule has 1 aromatic heterocycles. The molecule has 0 radical (unpaired) electrons. The SMILES string of the molecule is Cc1cnc(C(=O)N2CC(=O)N[C@@H]3CCCC[C@H]32)cn1. The summed E-state index contributed by atoms with van der Waals surface area (Å²) in [6, 6.07) is 0.185. The molecule has 1 aliphatic heterocycles. The van der Waals surface area contributed by atoms with Crippen molar-refractivity contribution in [1.29, 1.82) is 0 Å². The minimum Gasteiger partial charge on any atom is -0.350 e. The second kappa shape index (κ2) is 5.19. The Balaban J connectivity index is 1.84. The highest BCUT2D eigenvalue weighted by Gasteiger charge is 2.39. The van der Waals surface area contributed by atoms with Crippen molar-refractivity contribution in [3.05, 3.63) is 23.8 Å². The molecular formula is C14H18N4O2. The zero-order valence-corrected chi connectivity index (χ0v) is 11.5. The van der Waals surface area contributed by atoms with Gasteiger partial charge >= 0.3 is 0 Å². The van der Waals surface area contributed by atoms with Crippen LogP contribution in [0.4, 0.5) is 0 Å². The number of piperazine rings is 1. The van der Waals surface area contributed by atoms with Crippen LogP contribution in [0.25, 0.3) is 0 Å². The van der Waals surface area contributed by atoms with Crippen molar-refractivity contribution in [3.8, 4) is 0 Å². The van der Waals surface area contributed by atoms with E-state index in [2.05, 4.69) is 15.3 Å². The van der Waals surface area contributed by atoms with Gasteiger partial charge in [-0.2, -0.15) is 0 Å². The van der Waals surface area contributed by atoms with E-state index in [4.69, 9.17) is 0 Å². The summed E-state index contributed by atoms with van der Waals surface area (Å²) in [5.41, 5.74) is 1.09. The topological polar surface area (TPSA) is 75.2 Å². The summed E-state index contributed by atoms with van der Waals surface area (Å²) in [4.78, 5) is 34.2. The third-order valence-electron chi connectivity index (χ3n) is 4.05. The number of carbonyl (C=O) groups excluding carboxylic acids is 2. The van der Waals surface area contributed by atoms with Crippen LogP contribution >= 0.6 is 0 Å². The van der Waals surface area contributed by atoms with Crippen molar-refractivity contribution < 1.29 is 9.59 Å². The van der Waals surface area contributed by atoms with E-state index in [0.717, 1.165) is 31.4 Å². The largest absolute Gasteiger partial charge is 0.350 e. The zero-order chi connectivity index (χ0) is 14.1. The number of fused-ring (bicyclic) bond motifs is 1. The van der Waals surface area contributed by atoms with Gasteiger partial charge in [-0.1, -0.05) is 12.8 Å². The average Bonchev–Trinajstić information content (AvgIpc) is 2.46. The Bertz CT molecular complexity index is 528. The minimum atomic E-state index is -0.191. The monoisotopic (exact) mass is 274 g/mol. The molecule has 3 rings (SSSR count). The molecule has 1 saturated heterocycles. The molecule has 1 aromatic rings.